The molecule has 0 aliphatic carbocycles. The van der Waals surface area contributed by atoms with Crippen molar-refractivity contribution in [2.45, 2.75) is 46.1 Å². The zero-order valence-electron chi connectivity index (χ0n) is 11.0. The maximum atomic E-state index is 12.8. The Kier molecular flexibility index (Phi) is 6.12. The van der Waals surface area contributed by atoms with Gasteiger partial charge in [0.2, 0.25) is 0 Å². The molecule has 96 valence electrons. The molecule has 1 aromatic heterocycles. The number of nitrogens with one attached hydrogen (secondary N) is 1. The summed E-state index contributed by atoms with van der Waals surface area (Å²) in [5, 5.41) is 3.48. The molecule has 17 heavy (non-hydrogen) atoms. The monoisotopic (exact) mass is 238 g/mol. The van der Waals surface area contributed by atoms with Crippen LogP contribution in [0.3, 0.4) is 0 Å². The van der Waals surface area contributed by atoms with Crippen LogP contribution < -0.4 is 5.32 Å². The molecule has 0 radical (unpaired) electrons. The molecule has 0 fully saturated rings. The first-order chi connectivity index (χ1) is 8.13. The number of pyridine rings is 1. The van der Waals surface area contributed by atoms with Gasteiger partial charge in [0.15, 0.2) is 0 Å². The molecule has 1 unspecified atom stereocenters. The highest BCUT2D eigenvalue weighted by Crippen LogP contribution is 2.14. The molecule has 1 heterocycles. The average Bonchev–Trinajstić information content (AvgIpc) is 2.30. The molecule has 0 aromatic carbocycles. The zero-order valence-corrected chi connectivity index (χ0v) is 11.0. The third-order valence-electron chi connectivity index (χ3n) is 2.86. The fourth-order valence-corrected chi connectivity index (χ4v) is 1.84. The lowest BCUT2D eigenvalue weighted by molar-refractivity contribution is 0.466. The van der Waals surface area contributed by atoms with Crippen LogP contribution in [0.5, 0.6) is 0 Å². The summed E-state index contributed by atoms with van der Waals surface area (Å²) in [5.74, 6) is 0.476. The Morgan fingerprint density at radius 3 is 2.65 bits per heavy atom. The van der Waals surface area contributed by atoms with Crippen LogP contribution in [0.2, 0.25) is 0 Å². The van der Waals surface area contributed by atoms with Crippen LogP contribution in [-0.2, 0) is 0 Å². The fraction of sp³-hybridized carbons (Fsp3) is 0.643. The highest BCUT2D eigenvalue weighted by molar-refractivity contribution is 5.09. The van der Waals surface area contributed by atoms with E-state index in [0.717, 1.165) is 24.6 Å². The van der Waals surface area contributed by atoms with Gasteiger partial charge in [0.25, 0.3) is 0 Å². The van der Waals surface area contributed by atoms with Gasteiger partial charge in [-0.15, -0.1) is 0 Å². The third kappa shape index (κ3) is 5.26. The molecule has 0 aliphatic heterocycles. The minimum absolute atomic E-state index is 0.239. The summed E-state index contributed by atoms with van der Waals surface area (Å²) in [5.41, 5.74) is 0.929. The lowest BCUT2D eigenvalue weighted by Gasteiger charge is -2.16. The lowest BCUT2D eigenvalue weighted by Crippen LogP contribution is -2.23. The molecule has 0 spiro atoms. The van der Waals surface area contributed by atoms with E-state index in [4.69, 9.17) is 0 Å². The van der Waals surface area contributed by atoms with E-state index < -0.39 is 0 Å². The number of hydrogen-bond donors (Lipinski definition) is 1. The van der Waals surface area contributed by atoms with Gasteiger partial charge in [-0.2, -0.15) is 0 Å². The molecule has 3 heteroatoms. The van der Waals surface area contributed by atoms with E-state index in [2.05, 4.69) is 31.1 Å². The summed E-state index contributed by atoms with van der Waals surface area (Å²) in [6.45, 7) is 7.58. The van der Waals surface area contributed by atoms with Gasteiger partial charge >= 0.3 is 0 Å². The highest BCUT2D eigenvalue weighted by Gasteiger charge is 2.09. The van der Waals surface area contributed by atoms with Gasteiger partial charge in [-0.05, 0) is 43.9 Å². The molecule has 1 rings (SSSR count). The topological polar surface area (TPSA) is 24.9 Å². The molecule has 1 atom stereocenters. The van der Waals surface area contributed by atoms with Gasteiger partial charge in [0, 0.05) is 6.04 Å². The maximum Gasteiger partial charge on any atom is 0.141 e. The second-order valence-electron chi connectivity index (χ2n) is 4.85. The smallest absolute Gasteiger partial charge is 0.141 e. The van der Waals surface area contributed by atoms with E-state index >= 15 is 0 Å². The van der Waals surface area contributed by atoms with Crippen molar-refractivity contribution < 1.29 is 4.39 Å². The Labute approximate surface area is 104 Å². The molecule has 2 nitrogen and oxygen atoms in total. The van der Waals surface area contributed by atoms with Gasteiger partial charge in [-0.1, -0.05) is 20.8 Å². The van der Waals surface area contributed by atoms with Gasteiger partial charge in [-0.3, -0.25) is 4.98 Å². The van der Waals surface area contributed by atoms with Gasteiger partial charge in [0.1, 0.15) is 5.82 Å². The maximum absolute atomic E-state index is 12.8. The molecule has 0 saturated carbocycles. The molecular weight excluding hydrogens is 215 g/mol. The Morgan fingerprint density at radius 1 is 1.35 bits per heavy atom. The van der Waals surface area contributed by atoms with Crippen LogP contribution in [0.25, 0.3) is 0 Å². The predicted molar refractivity (Wildman–Crippen MR) is 69.3 cm³/mol. The predicted octanol–water partition coefficient (Wildman–Crippen LogP) is 3.70. The summed E-state index contributed by atoms with van der Waals surface area (Å²) in [6.07, 6.45) is 4.67. The number of halogens is 1. The van der Waals surface area contributed by atoms with Gasteiger partial charge in [0.05, 0.1) is 11.9 Å². The molecule has 1 N–H and O–H groups in total. The minimum Gasteiger partial charge on any atom is -0.309 e. The highest BCUT2D eigenvalue weighted by atomic mass is 19.1. The Balaban J connectivity index is 2.40. The average molecular weight is 238 g/mol. The van der Waals surface area contributed by atoms with E-state index in [1.165, 1.54) is 25.1 Å². The van der Waals surface area contributed by atoms with Crippen molar-refractivity contribution in [2.24, 2.45) is 5.92 Å². The first-order valence-electron chi connectivity index (χ1n) is 6.48. The number of rotatable bonds is 7. The molecule has 0 aliphatic rings. The van der Waals surface area contributed by atoms with Crippen molar-refractivity contribution >= 4 is 0 Å². The van der Waals surface area contributed by atoms with Crippen molar-refractivity contribution in [3.05, 3.63) is 29.8 Å². The summed E-state index contributed by atoms with van der Waals surface area (Å²) in [6, 6.07) is 3.47. The SMILES string of the molecule is CCC(NCCCC(C)C)c1ccc(F)cn1. The largest absolute Gasteiger partial charge is 0.309 e. The van der Waals surface area contributed by atoms with Crippen LogP contribution in [0.4, 0.5) is 4.39 Å². The lowest BCUT2D eigenvalue weighted by atomic mass is 10.1. The number of aromatic nitrogens is 1. The molecule has 0 bridgehead atoms. The number of nitrogens with zero attached hydrogens (tertiary/aromatic N) is 1. The van der Waals surface area contributed by atoms with Crippen molar-refractivity contribution in [1.29, 1.82) is 0 Å². The zero-order chi connectivity index (χ0) is 12.7. The quantitative estimate of drug-likeness (QED) is 0.733. The first kappa shape index (κ1) is 14.1. The molecule has 1 aromatic rings. The normalized spacial score (nSPS) is 13.0. The van der Waals surface area contributed by atoms with E-state index in [1.54, 1.807) is 6.07 Å². The second kappa shape index (κ2) is 7.38. The van der Waals surface area contributed by atoms with E-state index in [9.17, 15) is 4.39 Å². The number of hydrogen-bond acceptors (Lipinski definition) is 2. The Morgan fingerprint density at radius 2 is 2.12 bits per heavy atom. The van der Waals surface area contributed by atoms with Crippen LogP contribution in [0.1, 0.15) is 51.8 Å². The van der Waals surface area contributed by atoms with Crippen molar-refractivity contribution in [1.82, 2.24) is 10.3 Å². The van der Waals surface area contributed by atoms with E-state index in [0.29, 0.717) is 0 Å². The first-order valence-corrected chi connectivity index (χ1v) is 6.48. The Hall–Kier alpha value is -0.960. The van der Waals surface area contributed by atoms with Crippen LogP contribution >= 0.6 is 0 Å². The molecular formula is C14H23FN2. The molecule has 0 saturated heterocycles. The van der Waals surface area contributed by atoms with Crippen molar-refractivity contribution in [3.63, 3.8) is 0 Å². The Bertz CT molecular complexity index is 309. The van der Waals surface area contributed by atoms with Gasteiger partial charge in [-0.25, -0.2) is 4.39 Å². The van der Waals surface area contributed by atoms with Crippen LogP contribution in [0.15, 0.2) is 18.3 Å². The van der Waals surface area contributed by atoms with E-state index in [1.807, 2.05) is 0 Å². The summed E-state index contributed by atoms with van der Waals surface area (Å²) >= 11 is 0. The standard InChI is InChI=1S/C14H23FN2/c1-4-13(16-9-5-6-11(2)3)14-8-7-12(15)10-17-14/h7-8,10-11,13,16H,4-6,9H2,1-3H3. The summed E-state index contributed by atoms with van der Waals surface area (Å²) in [7, 11) is 0. The summed E-state index contributed by atoms with van der Waals surface area (Å²) < 4.78 is 12.8. The summed E-state index contributed by atoms with van der Waals surface area (Å²) in [4.78, 5) is 4.13. The van der Waals surface area contributed by atoms with E-state index in [-0.39, 0.29) is 11.9 Å². The third-order valence-corrected chi connectivity index (χ3v) is 2.86. The van der Waals surface area contributed by atoms with Gasteiger partial charge < -0.3 is 5.32 Å². The molecule has 0 amide bonds. The van der Waals surface area contributed by atoms with Crippen molar-refractivity contribution in [3.8, 4) is 0 Å². The van der Waals surface area contributed by atoms with Crippen LogP contribution in [0, 0.1) is 11.7 Å². The van der Waals surface area contributed by atoms with Crippen molar-refractivity contribution in [2.75, 3.05) is 6.54 Å². The second-order valence-corrected chi connectivity index (χ2v) is 4.85. The van der Waals surface area contributed by atoms with Crippen LogP contribution in [-0.4, -0.2) is 11.5 Å². The fourth-order valence-electron chi connectivity index (χ4n) is 1.84. The minimum atomic E-state index is -0.275.